The van der Waals surface area contributed by atoms with Crippen molar-refractivity contribution < 1.29 is 19.1 Å². The molecule has 1 fully saturated rings. The molecule has 0 spiro atoms. The van der Waals surface area contributed by atoms with Crippen LogP contribution >= 0.6 is 11.3 Å². The van der Waals surface area contributed by atoms with Crippen molar-refractivity contribution in [3.8, 4) is 11.5 Å². The number of carbonyl (C=O) groups excluding carboxylic acids is 2. The van der Waals surface area contributed by atoms with Gasteiger partial charge in [0.1, 0.15) is 0 Å². The number of ether oxygens (including phenoxy) is 2. The zero-order valence-electron chi connectivity index (χ0n) is 20.5. The van der Waals surface area contributed by atoms with Crippen molar-refractivity contribution in [3.63, 3.8) is 0 Å². The van der Waals surface area contributed by atoms with E-state index in [0.717, 1.165) is 36.3 Å². The highest BCUT2D eigenvalue weighted by Gasteiger charge is 2.36. The number of aryl methyl sites for hydroxylation is 1. The molecule has 0 aliphatic heterocycles. The van der Waals surface area contributed by atoms with Gasteiger partial charge in [0.2, 0.25) is 11.8 Å². The molecule has 8 heteroatoms. The summed E-state index contributed by atoms with van der Waals surface area (Å²) in [7, 11) is 5.03. The van der Waals surface area contributed by atoms with Crippen molar-refractivity contribution >= 4 is 28.8 Å². The van der Waals surface area contributed by atoms with Crippen LogP contribution in [0.5, 0.6) is 11.5 Å². The van der Waals surface area contributed by atoms with Gasteiger partial charge in [-0.05, 0) is 48.6 Å². The molecule has 2 aromatic heterocycles. The predicted octanol–water partition coefficient (Wildman–Crippen LogP) is 4.87. The van der Waals surface area contributed by atoms with Gasteiger partial charge in [-0.3, -0.25) is 14.5 Å². The third-order valence-electron chi connectivity index (χ3n) is 6.54. The van der Waals surface area contributed by atoms with Crippen molar-refractivity contribution in [3.05, 3.63) is 64.6 Å². The van der Waals surface area contributed by atoms with E-state index in [4.69, 9.17) is 9.47 Å². The summed E-state index contributed by atoms with van der Waals surface area (Å²) in [4.78, 5) is 30.3. The maximum Gasteiger partial charge on any atom is 0.249 e. The van der Waals surface area contributed by atoms with E-state index in [1.165, 1.54) is 17.8 Å². The lowest BCUT2D eigenvalue weighted by Gasteiger charge is -2.33. The highest BCUT2D eigenvalue weighted by atomic mass is 32.1. The van der Waals surface area contributed by atoms with Gasteiger partial charge in [-0.2, -0.15) is 0 Å². The summed E-state index contributed by atoms with van der Waals surface area (Å²) in [6.07, 6.45) is 7.43. The molecule has 4 rings (SSSR count). The summed E-state index contributed by atoms with van der Waals surface area (Å²) >= 11 is 1.53. The minimum atomic E-state index is -0.831. The largest absolute Gasteiger partial charge is 0.493 e. The second-order valence-electron chi connectivity index (χ2n) is 8.85. The van der Waals surface area contributed by atoms with E-state index >= 15 is 0 Å². The average molecular weight is 496 g/mol. The van der Waals surface area contributed by atoms with Crippen molar-refractivity contribution in [1.29, 1.82) is 0 Å². The standard InChI is InChI=1S/C27H33N3O4S/c1-29-15-7-12-22(29)26(27(32)28-19-9-5-4-6-10-19)30(25(31)18-21-11-8-16-35-21)20-13-14-23(33-2)24(17-20)34-3/h7-8,11-17,19,26H,4-6,9-10,18H2,1-3H3,(H,28,32)/t26-/m0/s1. The highest BCUT2D eigenvalue weighted by molar-refractivity contribution is 7.10. The van der Waals surface area contributed by atoms with Gasteiger partial charge in [-0.1, -0.05) is 25.3 Å². The van der Waals surface area contributed by atoms with E-state index in [2.05, 4.69) is 5.32 Å². The first kappa shape index (κ1) is 24.9. The van der Waals surface area contributed by atoms with E-state index < -0.39 is 6.04 Å². The zero-order chi connectivity index (χ0) is 24.8. The molecule has 1 saturated carbocycles. The molecule has 1 N–H and O–H groups in total. The number of hydrogen-bond acceptors (Lipinski definition) is 5. The lowest BCUT2D eigenvalue weighted by molar-refractivity contribution is -0.127. The Bertz CT molecular complexity index is 1140. The first-order valence-electron chi connectivity index (χ1n) is 12.0. The van der Waals surface area contributed by atoms with Crippen LogP contribution in [0.2, 0.25) is 0 Å². The lowest BCUT2D eigenvalue weighted by Crippen LogP contribution is -2.48. The van der Waals surface area contributed by atoms with E-state index in [1.807, 2.05) is 47.5 Å². The Morgan fingerprint density at radius 3 is 2.49 bits per heavy atom. The average Bonchev–Trinajstić information content (AvgIpc) is 3.54. The molecular weight excluding hydrogens is 462 g/mol. The molecule has 0 saturated heterocycles. The van der Waals surface area contributed by atoms with Gasteiger partial charge < -0.3 is 19.4 Å². The Morgan fingerprint density at radius 2 is 1.86 bits per heavy atom. The quantitative estimate of drug-likeness (QED) is 0.460. The maximum atomic E-state index is 13.9. The Morgan fingerprint density at radius 1 is 1.09 bits per heavy atom. The Kier molecular flexibility index (Phi) is 8.13. The van der Waals surface area contributed by atoms with Crippen molar-refractivity contribution in [2.24, 2.45) is 7.05 Å². The number of anilines is 1. The van der Waals surface area contributed by atoms with Crippen LogP contribution in [-0.2, 0) is 23.1 Å². The summed E-state index contributed by atoms with van der Waals surface area (Å²) in [6.45, 7) is 0. The molecule has 0 radical (unpaired) electrons. The van der Waals surface area contributed by atoms with Gasteiger partial charge in [-0.25, -0.2) is 0 Å². The van der Waals surface area contributed by atoms with Gasteiger partial charge in [0.05, 0.1) is 26.3 Å². The van der Waals surface area contributed by atoms with Crippen LogP contribution in [0.25, 0.3) is 0 Å². The van der Waals surface area contributed by atoms with Crippen LogP contribution in [0.15, 0.2) is 54.0 Å². The first-order valence-corrected chi connectivity index (χ1v) is 12.9. The number of thiophene rings is 1. The number of aromatic nitrogens is 1. The van der Waals surface area contributed by atoms with E-state index in [1.54, 1.807) is 37.3 Å². The molecule has 1 aliphatic rings. The minimum Gasteiger partial charge on any atom is -0.493 e. The number of nitrogens with zero attached hydrogens (tertiary/aromatic N) is 2. The normalized spacial score (nSPS) is 14.8. The number of hydrogen-bond donors (Lipinski definition) is 1. The van der Waals surface area contributed by atoms with Gasteiger partial charge in [-0.15, -0.1) is 11.3 Å². The molecule has 7 nitrogen and oxygen atoms in total. The van der Waals surface area contributed by atoms with E-state index in [-0.39, 0.29) is 24.3 Å². The minimum absolute atomic E-state index is 0.124. The lowest BCUT2D eigenvalue weighted by atomic mass is 9.95. The summed E-state index contributed by atoms with van der Waals surface area (Å²) < 4.78 is 12.8. The number of rotatable bonds is 9. The number of methoxy groups -OCH3 is 2. The van der Waals surface area contributed by atoms with Crippen LogP contribution in [0, 0.1) is 0 Å². The SMILES string of the molecule is COc1ccc(N(C(=O)Cc2cccs2)[C@H](C(=O)NC2CCCCC2)c2cccn2C)cc1OC. The fraction of sp³-hybridized carbons (Fsp3) is 0.407. The Labute approximate surface area is 210 Å². The molecule has 35 heavy (non-hydrogen) atoms. The van der Waals surface area contributed by atoms with E-state index in [9.17, 15) is 9.59 Å². The topological polar surface area (TPSA) is 72.8 Å². The molecule has 1 aliphatic carbocycles. The second kappa shape index (κ2) is 11.4. The Hall–Kier alpha value is -3.26. The number of benzene rings is 1. The van der Waals surface area contributed by atoms with Crippen molar-refractivity contribution in [2.45, 2.75) is 50.6 Å². The molecule has 0 unspecified atom stereocenters. The summed E-state index contributed by atoms with van der Waals surface area (Å²) in [5.74, 6) is 0.721. The third-order valence-corrected chi connectivity index (χ3v) is 7.42. The fourth-order valence-electron chi connectivity index (χ4n) is 4.73. The summed E-state index contributed by atoms with van der Waals surface area (Å²) in [6, 6.07) is 12.3. The van der Waals surface area contributed by atoms with Crippen LogP contribution in [-0.4, -0.2) is 36.6 Å². The summed E-state index contributed by atoms with van der Waals surface area (Å²) in [5, 5.41) is 5.20. The first-order chi connectivity index (χ1) is 17.0. The number of amides is 2. The highest BCUT2D eigenvalue weighted by Crippen LogP contribution is 2.36. The van der Waals surface area contributed by atoms with Crippen LogP contribution in [0.4, 0.5) is 5.69 Å². The number of nitrogens with one attached hydrogen (secondary N) is 1. The smallest absolute Gasteiger partial charge is 0.249 e. The Balaban J connectivity index is 1.78. The van der Waals surface area contributed by atoms with Crippen LogP contribution in [0.1, 0.15) is 48.7 Å². The van der Waals surface area contributed by atoms with Gasteiger partial charge >= 0.3 is 0 Å². The van der Waals surface area contributed by atoms with Gasteiger partial charge in [0.25, 0.3) is 0 Å². The molecule has 186 valence electrons. The fourth-order valence-corrected chi connectivity index (χ4v) is 5.42. The van der Waals surface area contributed by atoms with E-state index in [0.29, 0.717) is 17.2 Å². The van der Waals surface area contributed by atoms with Gasteiger partial charge in [0.15, 0.2) is 17.5 Å². The molecule has 2 amide bonds. The third kappa shape index (κ3) is 5.70. The van der Waals surface area contributed by atoms with Crippen LogP contribution < -0.4 is 19.7 Å². The maximum absolute atomic E-state index is 13.9. The molecule has 3 aromatic rings. The van der Waals surface area contributed by atoms with Gasteiger partial charge in [0, 0.05) is 35.9 Å². The predicted molar refractivity (Wildman–Crippen MR) is 138 cm³/mol. The van der Waals surface area contributed by atoms with Crippen LogP contribution in [0.3, 0.4) is 0 Å². The zero-order valence-corrected chi connectivity index (χ0v) is 21.3. The number of carbonyl (C=O) groups is 2. The molecule has 2 heterocycles. The second-order valence-corrected chi connectivity index (χ2v) is 9.88. The molecule has 0 bridgehead atoms. The van der Waals surface area contributed by atoms with Crippen molar-refractivity contribution in [1.82, 2.24) is 9.88 Å². The molecular formula is C27H33N3O4S. The molecule has 1 atom stereocenters. The molecule has 1 aromatic carbocycles. The monoisotopic (exact) mass is 495 g/mol. The summed E-state index contributed by atoms with van der Waals surface area (Å²) in [5.41, 5.74) is 1.32. The van der Waals surface area contributed by atoms with Crippen molar-refractivity contribution in [2.75, 3.05) is 19.1 Å².